The molecule has 0 fully saturated rings. The summed E-state index contributed by atoms with van der Waals surface area (Å²) in [5, 5.41) is 13.5. The second-order valence-electron chi connectivity index (χ2n) is 4.03. The lowest BCUT2D eigenvalue weighted by atomic mass is 10.2. The van der Waals surface area contributed by atoms with Crippen LogP contribution in [0.5, 0.6) is 0 Å². The van der Waals surface area contributed by atoms with Crippen LogP contribution in [0.1, 0.15) is 16.2 Å². The van der Waals surface area contributed by atoms with E-state index in [2.05, 4.69) is 25.6 Å². The zero-order valence-electron chi connectivity index (χ0n) is 10.1. The minimum atomic E-state index is -0.138. The molecule has 0 unspecified atom stereocenters. The number of rotatable bonds is 4. The number of hydrogen-bond acceptors (Lipinski definition) is 4. The van der Waals surface area contributed by atoms with Crippen molar-refractivity contribution in [2.45, 2.75) is 6.42 Å². The molecule has 2 N–H and O–H groups in total. The highest BCUT2D eigenvalue weighted by atomic mass is 16.1. The third kappa shape index (κ3) is 2.30. The maximum Gasteiger partial charge on any atom is 0.255 e. The molecule has 0 bridgehead atoms. The second-order valence-corrected chi connectivity index (χ2v) is 4.03. The van der Waals surface area contributed by atoms with Crippen LogP contribution in [0.4, 0.5) is 0 Å². The minimum absolute atomic E-state index is 0.138. The zero-order valence-corrected chi connectivity index (χ0v) is 10.1. The fourth-order valence-corrected chi connectivity index (χ4v) is 1.85. The van der Waals surface area contributed by atoms with Gasteiger partial charge in [0.1, 0.15) is 12.2 Å². The van der Waals surface area contributed by atoms with Crippen LogP contribution in [0.25, 0.3) is 5.52 Å². The van der Waals surface area contributed by atoms with Crippen LogP contribution in [0.15, 0.2) is 36.9 Å². The summed E-state index contributed by atoms with van der Waals surface area (Å²) in [6.45, 7) is 0.498. The molecule has 19 heavy (non-hydrogen) atoms. The molecule has 1 amide bonds. The number of pyridine rings is 1. The molecular formula is C12H12N6O. The molecule has 0 aliphatic heterocycles. The standard InChI is InChI=1S/C12H12N6O/c19-12(13-5-4-11-14-8-15-17-11)9-7-16-18-6-2-1-3-10(9)18/h1-3,6-8H,4-5H2,(H,13,19)(H,14,15,17). The smallest absolute Gasteiger partial charge is 0.255 e. The molecule has 0 aliphatic carbocycles. The summed E-state index contributed by atoms with van der Waals surface area (Å²) in [4.78, 5) is 16.0. The average Bonchev–Trinajstić information content (AvgIpc) is 3.07. The van der Waals surface area contributed by atoms with E-state index in [0.29, 0.717) is 18.5 Å². The third-order valence-corrected chi connectivity index (χ3v) is 2.78. The summed E-state index contributed by atoms with van der Waals surface area (Å²) in [5.74, 6) is 0.612. The second kappa shape index (κ2) is 4.89. The van der Waals surface area contributed by atoms with Gasteiger partial charge >= 0.3 is 0 Å². The van der Waals surface area contributed by atoms with Crippen molar-refractivity contribution < 1.29 is 4.79 Å². The summed E-state index contributed by atoms with van der Waals surface area (Å²) in [5.41, 5.74) is 1.36. The van der Waals surface area contributed by atoms with Gasteiger partial charge in [0.25, 0.3) is 5.91 Å². The molecule has 0 aromatic carbocycles. The fourth-order valence-electron chi connectivity index (χ4n) is 1.85. The molecule has 0 spiro atoms. The fraction of sp³-hybridized carbons (Fsp3) is 0.167. The number of aromatic amines is 1. The van der Waals surface area contributed by atoms with Crippen molar-refractivity contribution in [2.24, 2.45) is 0 Å². The number of hydrogen-bond donors (Lipinski definition) is 2. The van der Waals surface area contributed by atoms with Crippen LogP contribution in [0.3, 0.4) is 0 Å². The van der Waals surface area contributed by atoms with Gasteiger partial charge in [0.15, 0.2) is 0 Å². The van der Waals surface area contributed by atoms with E-state index in [0.717, 1.165) is 11.3 Å². The van der Waals surface area contributed by atoms with Crippen molar-refractivity contribution in [3.63, 3.8) is 0 Å². The molecule has 0 aliphatic rings. The Morgan fingerprint density at radius 3 is 3.21 bits per heavy atom. The third-order valence-electron chi connectivity index (χ3n) is 2.78. The highest BCUT2D eigenvalue weighted by Crippen LogP contribution is 2.09. The Bertz CT molecular complexity index is 687. The quantitative estimate of drug-likeness (QED) is 0.708. The first-order chi connectivity index (χ1) is 9.34. The lowest BCUT2D eigenvalue weighted by Crippen LogP contribution is -2.25. The number of H-pyrrole nitrogens is 1. The van der Waals surface area contributed by atoms with Crippen LogP contribution in [-0.4, -0.2) is 37.2 Å². The van der Waals surface area contributed by atoms with Crippen LogP contribution in [0, 0.1) is 0 Å². The summed E-state index contributed by atoms with van der Waals surface area (Å²) in [6, 6.07) is 5.60. The molecule has 0 atom stereocenters. The molecule has 3 aromatic heterocycles. The van der Waals surface area contributed by atoms with Crippen LogP contribution >= 0.6 is 0 Å². The Morgan fingerprint density at radius 2 is 2.37 bits per heavy atom. The highest BCUT2D eigenvalue weighted by molar-refractivity contribution is 6.00. The topological polar surface area (TPSA) is 88.0 Å². The average molecular weight is 256 g/mol. The van der Waals surface area contributed by atoms with Gasteiger partial charge in [-0.15, -0.1) is 0 Å². The number of nitrogens with zero attached hydrogens (tertiary/aromatic N) is 4. The van der Waals surface area contributed by atoms with E-state index in [-0.39, 0.29) is 5.91 Å². The SMILES string of the molecule is O=C(NCCc1ncn[nH]1)c1cnn2ccccc12. The Labute approximate surface area is 108 Å². The molecule has 7 heteroatoms. The van der Waals surface area contributed by atoms with Crippen molar-refractivity contribution in [3.8, 4) is 0 Å². The monoisotopic (exact) mass is 256 g/mol. The van der Waals surface area contributed by atoms with Crippen LogP contribution in [-0.2, 0) is 6.42 Å². The van der Waals surface area contributed by atoms with Crippen molar-refractivity contribution in [2.75, 3.05) is 6.54 Å². The van der Waals surface area contributed by atoms with Gasteiger partial charge in [0.2, 0.25) is 0 Å². The number of amides is 1. The molecule has 0 saturated carbocycles. The minimum Gasteiger partial charge on any atom is -0.351 e. The van der Waals surface area contributed by atoms with E-state index in [1.807, 2.05) is 18.2 Å². The molecule has 3 aromatic rings. The Kier molecular flexibility index (Phi) is 2.93. The van der Waals surface area contributed by atoms with Gasteiger partial charge in [0.05, 0.1) is 17.3 Å². The summed E-state index contributed by atoms with van der Waals surface area (Å²) >= 11 is 0. The first kappa shape index (κ1) is 11.4. The van der Waals surface area contributed by atoms with Crippen molar-refractivity contribution in [1.82, 2.24) is 30.1 Å². The van der Waals surface area contributed by atoms with Crippen molar-refractivity contribution in [1.29, 1.82) is 0 Å². The van der Waals surface area contributed by atoms with E-state index in [1.165, 1.54) is 6.33 Å². The van der Waals surface area contributed by atoms with Gasteiger partial charge < -0.3 is 5.32 Å². The van der Waals surface area contributed by atoms with Crippen molar-refractivity contribution >= 4 is 11.4 Å². The first-order valence-corrected chi connectivity index (χ1v) is 5.89. The predicted octanol–water partition coefficient (Wildman–Crippen LogP) is 0.425. The molecule has 7 nitrogen and oxygen atoms in total. The molecular weight excluding hydrogens is 244 g/mol. The summed E-state index contributed by atoms with van der Waals surface area (Å²) < 4.78 is 1.67. The number of fused-ring (bicyclic) bond motifs is 1. The summed E-state index contributed by atoms with van der Waals surface area (Å²) in [7, 11) is 0. The number of aromatic nitrogens is 5. The summed E-state index contributed by atoms with van der Waals surface area (Å²) in [6.07, 6.45) is 5.44. The molecule has 0 saturated heterocycles. The Hall–Kier alpha value is -2.70. The predicted molar refractivity (Wildman–Crippen MR) is 67.6 cm³/mol. The van der Waals surface area contributed by atoms with Crippen LogP contribution in [0.2, 0.25) is 0 Å². The van der Waals surface area contributed by atoms with Gasteiger partial charge in [-0.25, -0.2) is 9.50 Å². The van der Waals surface area contributed by atoms with Crippen LogP contribution < -0.4 is 5.32 Å². The maximum absolute atomic E-state index is 12.0. The Morgan fingerprint density at radius 1 is 1.42 bits per heavy atom. The molecule has 96 valence electrons. The first-order valence-electron chi connectivity index (χ1n) is 5.89. The zero-order chi connectivity index (χ0) is 13.1. The molecule has 3 heterocycles. The van der Waals surface area contributed by atoms with Gasteiger partial charge in [-0.05, 0) is 12.1 Å². The normalized spacial score (nSPS) is 10.7. The van der Waals surface area contributed by atoms with Gasteiger partial charge in [-0.2, -0.15) is 10.2 Å². The number of carbonyl (C=O) groups is 1. The van der Waals surface area contributed by atoms with E-state index in [9.17, 15) is 4.79 Å². The van der Waals surface area contributed by atoms with E-state index in [4.69, 9.17) is 0 Å². The molecule has 0 radical (unpaired) electrons. The van der Waals surface area contributed by atoms with Gasteiger partial charge in [-0.1, -0.05) is 6.07 Å². The van der Waals surface area contributed by atoms with E-state index < -0.39 is 0 Å². The van der Waals surface area contributed by atoms with E-state index in [1.54, 1.807) is 16.9 Å². The largest absolute Gasteiger partial charge is 0.351 e. The van der Waals surface area contributed by atoms with E-state index >= 15 is 0 Å². The molecule has 3 rings (SSSR count). The lowest BCUT2D eigenvalue weighted by Gasteiger charge is -2.02. The number of carbonyl (C=O) groups excluding carboxylic acids is 1. The van der Waals surface area contributed by atoms with Gasteiger partial charge in [-0.3, -0.25) is 9.89 Å². The lowest BCUT2D eigenvalue weighted by molar-refractivity contribution is 0.0955. The highest BCUT2D eigenvalue weighted by Gasteiger charge is 2.11. The van der Waals surface area contributed by atoms with Gasteiger partial charge in [0, 0.05) is 19.2 Å². The number of nitrogens with one attached hydrogen (secondary N) is 2. The Balaban J connectivity index is 1.67. The van der Waals surface area contributed by atoms with Crippen molar-refractivity contribution in [3.05, 3.63) is 48.3 Å². The maximum atomic E-state index is 12.0.